The number of hydrogen-bond donors (Lipinski definition) is 1. The van der Waals surface area contributed by atoms with E-state index in [4.69, 9.17) is 10.5 Å². The van der Waals surface area contributed by atoms with Crippen molar-refractivity contribution in [2.24, 2.45) is 5.73 Å². The second-order valence-corrected chi connectivity index (χ2v) is 7.06. The van der Waals surface area contributed by atoms with Crippen LogP contribution in [0.1, 0.15) is 56.1 Å². The molecule has 2 aliphatic rings. The molecule has 0 unspecified atom stereocenters. The molecule has 128 valence electrons. The first kappa shape index (κ1) is 16.8. The molecule has 5 heteroatoms. The van der Waals surface area contributed by atoms with Crippen LogP contribution in [-0.4, -0.2) is 18.8 Å². The number of nitrogens with two attached hydrogens (primary N) is 1. The topological polar surface area (TPSA) is 35.2 Å². The van der Waals surface area contributed by atoms with Gasteiger partial charge in [-0.05, 0) is 50.3 Å². The zero-order valence-corrected chi connectivity index (χ0v) is 13.3. The molecule has 1 heterocycles. The average Bonchev–Trinajstić information content (AvgIpc) is 2.94. The number of benzene rings is 1. The summed E-state index contributed by atoms with van der Waals surface area (Å²) in [4.78, 5) is 0. The summed E-state index contributed by atoms with van der Waals surface area (Å²) in [6.07, 6.45) is 2.24. The van der Waals surface area contributed by atoms with E-state index in [0.29, 0.717) is 19.6 Å². The Balaban J connectivity index is 1.97. The van der Waals surface area contributed by atoms with Gasteiger partial charge in [0.15, 0.2) is 0 Å². The van der Waals surface area contributed by atoms with Crippen LogP contribution in [0.15, 0.2) is 24.3 Å². The quantitative estimate of drug-likeness (QED) is 0.892. The lowest BCUT2D eigenvalue weighted by atomic mass is 9.66. The summed E-state index contributed by atoms with van der Waals surface area (Å²) < 4.78 is 45.4. The smallest absolute Gasteiger partial charge is 0.375 e. The van der Waals surface area contributed by atoms with Crippen molar-refractivity contribution < 1.29 is 17.9 Å². The zero-order valence-electron chi connectivity index (χ0n) is 13.3. The van der Waals surface area contributed by atoms with E-state index in [1.165, 1.54) is 12.1 Å². The zero-order chi connectivity index (χ0) is 16.6. The standard InChI is InChI=1S/C18H24F3NO/c19-18(20,21)15-5-3-4-14(12-15)16(8-10-22)9-11-23-17(13-16)6-1-2-7-17/h3-5,12H,1-2,6-11,13,22H2/t16-/m1/s1. The van der Waals surface area contributed by atoms with Crippen molar-refractivity contribution in [3.63, 3.8) is 0 Å². The van der Waals surface area contributed by atoms with Crippen molar-refractivity contribution in [2.75, 3.05) is 13.2 Å². The van der Waals surface area contributed by atoms with E-state index in [1.54, 1.807) is 0 Å². The minimum Gasteiger partial charge on any atom is -0.375 e. The highest BCUT2D eigenvalue weighted by Gasteiger charge is 2.48. The first-order valence-corrected chi connectivity index (χ1v) is 8.41. The van der Waals surface area contributed by atoms with Crippen molar-refractivity contribution in [1.82, 2.24) is 0 Å². The van der Waals surface area contributed by atoms with Crippen LogP contribution in [0, 0.1) is 0 Å². The second kappa shape index (κ2) is 6.10. The third-order valence-corrected chi connectivity index (χ3v) is 5.59. The van der Waals surface area contributed by atoms with Crippen LogP contribution in [0.25, 0.3) is 0 Å². The second-order valence-electron chi connectivity index (χ2n) is 7.06. The Hall–Kier alpha value is -1.07. The monoisotopic (exact) mass is 327 g/mol. The minimum absolute atomic E-state index is 0.151. The van der Waals surface area contributed by atoms with Gasteiger partial charge < -0.3 is 10.5 Å². The van der Waals surface area contributed by atoms with Gasteiger partial charge >= 0.3 is 6.18 Å². The van der Waals surface area contributed by atoms with Gasteiger partial charge in [0.25, 0.3) is 0 Å². The average molecular weight is 327 g/mol. The molecular weight excluding hydrogens is 303 g/mol. The third-order valence-electron chi connectivity index (χ3n) is 5.59. The molecule has 0 radical (unpaired) electrons. The van der Waals surface area contributed by atoms with Gasteiger partial charge in [0.1, 0.15) is 0 Å². The van der Waals surface area contributed by atoms with E-state index in [2.05, 4.69) is 0 Å². The van der Waals surface area contributed by atoms with Crippen LogP contribution < -0.4 is 5.73 Å². The number of halogens is 3. The molecule has 23 heavy (non-hydrogen) atoms. The van der Waals surface area contributed by atoms with Gasteiger partial charge in [-0.25, -0.2) is 0 Å². The molecular formula is C18H24F3NO. The Morgan fingerprint density at radius 3 is 2.52 bits per heavy atom. The van der Waals surface area contributed by atoms with Crippen LogP contribution in [0.3, 0.4) is 0 Å². The largest absolute Gasteiger partial charge is 0.416 e. The lowest BCUT2D eigenvalue weighted by Gasteiger charge is -2.47. The summed E-state index contributed by atoms with van der Waals surface area (Å²) >= 11 is 0. The van der Waals surface area contributed by atoms with Gasteiger partial charge in [-0.3, -0.25) is 0 Å². The normalized spacial score (nSPS) is 27.5. The molecule has 2 fully saturated rings. The number of rotatable bonds is 3. The highest BCUT2D eigenvalue weighted by Crippen LogP contribution is 2.50. The van der Waals surface area contributed by atoms with Crippen LogP contribution in [0.2, 0.25) is 0 Å². The van der Waals surface area contributed by atoms with Crippen LogP contribution in [0.4, 0.5) is 13.2 Å². The molecule has 3 rings (SSSR count). The van der Waals surface area contributed by atoms with Crippen molar-refractivity contribution >= 4 is 0 Å². The number of ether oxygens (including phenoxy) is 1. The van der Waals surface area contributed by atoms with Gasteiger partial charge in [0.05, 0.1) is 11.2 Å². The van der Waals surface area contributed by atoms with E-state index in [-0.39, 0.29) is 11.0 Å². The predicted molar refractivity (Wildman–Crippen MR) is 83.2 cm³/mol. The SMILES string of the molecule is NCC[C@@]1(c2cccc(C(F)(F)F)c2)CCOC2(CCCC2)C1. The van der Waals surface area contributed by atoms with E-state index >= 15 is 0 Å². The lowest BCUT2D eigenvalue weighted by Crippen LogP contribution is -2.47. The van der Waals surface area contributed by atoms with Crippen molar-refractivity contribution in [3.8, 4) is 0 Å². The van der Waals surface area contributed by atoms with E-state index < -0.39 is 11.7 Å². The summed E-state index contributed by atoms with van der Waals surface area (Å²) in [5.74, 6) is 0. The maximum Gasteiger partial charge on any atom is 0.416 e. The first-order chi connectivity index (χ1) is 10.9. The first-order valence-electron chi connectivity index (χ1n) is 8.41. The highest BCUT2D eigenvalue weighted by molar-refractivity contribution is 5.33. The Bertz CT molecular complexity index is 547. The van der Waals surface area contributed by atoms with Crippen LogP contribution in [-0.2, 0) is 16.3 Å². The Labute approximate surface area is 135 Å². The van der Waals surface area contributed by atoms with Crippen molar-refractivity contribution in [1.29, 1.82) is 0 Å². The van der Waals surface area contributed by atoms with Crippen molar-refractivity contribution in [3.05, 3.63) is 35.4 Å². The maximum atomic E-state index is 13.1. The summed E-state index contributed by atoms with van der Waals surface area (Å²) in [6, 6.07) is 5.82. The van der Waals surface area contributed by atoms with E-state index in [9.17, 15) is 13.2 Å². The molecule has 2 N–H and O–H groups in total. The van der Waals surface area contributed by atoms with Gasteiger partial charge in [0, 0.05) is 12.0 Å². The molecule has 0 aromatic heterocycles. The van der Waals surface area contributed by atoms with Gasteiger partial charge in [0.2, 0.25) is 0 Å². The summed E-state index contributed by atoms with van der Waals surface area (Å²) in [5, 5.41) is 0. The van der Waals surface area contributed by atoms with Gasteiger partial charge in [-0.15, -0.1) is 0 Å². The van der Waals surface area contributed by atoms with Crippen molar-refractivity contribution in [2.45, 2.75) is 62.1 Å². The molecule has 0 amide bonds. The molecule has 1 aliphatic heterocycles. The Morgan fingerprint density at radius 1 is 1.13 bits per heavy atom. The van der Waals surface area contributed by atoms with Gasteiger partial charge in [-0.1, -0.05) is 31.0 Å². The molecule has 0 bridgehead atoms. The minimum atomic E-state index is -4.31. The molecule has 1 aromatic carbocycles. The summed E-state index contributed by atoms with van der Waals surface area (Å²) in [6.45, 7) is 1.09. The van der Waals surface area contributed by atoms with Gasteiger partial charge in [-0.2, -0.15) is 13.2 Å². The molecule has 1 aliphatic carbocycles. The summed E-state index contributed by atoms with van der Waals surface area (Å²) in [7, 11) is 0. The van der Waals surface area contributed by atoms with E-state index in [1.807, 2.05) is 6.07 Å². The molecule has 1 saturated heterocycles. The summed E-state index contributed by atoms with van der Waals surface area (Å²) in [5.41, 5.74) is 5.59. The molecule has 1 aromatic rings. The lowest BCUT2D eigenvalue weighted by molar-refractivity contribution is -0.137. The fourth-order valence-electron chi connectivity index (χ4n) is 4.47. The molecule has 1 spiro atoms. The number of alkyl halides is 3. The third kappa shape index (κ3) is 3.26. The fourth-order valence-corrected chi connectivity index (χ4v) is 4.47. The molecule has 2 nitrogen and oxygen atoms in total. The highest BCUT2D eigenvalue weighted by atomic mass is 19.4. The fraction of sp³-hybridized carbons (Fsp3) is 0.667. The van der Waals surface area contributed by atoms with Crippen LogP contribution in [0.5, 0.6) is 0 Å². The Morgan fingerprint density at radius 2 is 1.87 bits per heavy atom. The van der Waals surface area contributed by atoms with Crippen LogP contribution >= 0.6 is 0 Å². The molecule has 1 saturated carbocycles. The predicted octanol–water partition coefficient (Wildman–Crippen LogP) is 4.42. The maximum absolute atomic E-state index is 13.1. The van der Waals surface area contributed by atoms with E-state index in [0.717, 1.165) is 50.2 Å². The Kier molecular flexibility index (Phi) is 4.45. The molecule has 1 atom stereocenters. The number of hydrogen-bond acceptors (Lipinski definition) is 2.